The molecule has 0 atom stereocenters. The van der Waals surface area contributed by atoms with Crippen molar-refractivity contribution in [1.82, 2.24) is 14.2 Å². The van der Waals surface area contributed by atoms with Gasteiger partial charge in [0.05, 0.1) is 15.5 Å². The molecule has 1 amide bonds. The van der Waals surface area contributed by atoms with E-state index >= 15 is 0 Å². The van der Waals surface area contributed by atoms with Crippen LogP contribution in [0.3, 0.4) is 0 Å². The molecule has 0 aliphatic carbocycles. The summed E-state index contributed by atoms with van der Waals surface area (Å²) in [6.45, 7) is 5.09. The second kappa shape index (κ2) is 7.98. The zero-order chi connectivity index (χ0) is 20.6. The monoisotopic (exact) mass is 447 g/mol. The number of thiophene rings is 1. The van der Waals surface area contributed by atoms with Crippen LogP contribution in [0.1, 0.15) is 20.9 Å². The van der Waals surface area contributed by atoms with Gasteiger partial charge in [-0.3, -0.25) is 4.79 Å². The van der Waals surface area contributed by atoms with Gasteiger partial charge in [0.15, 0.2) is 0 Å². The molecule has 3 heterocycles. The lowest BCUT2D eigenvalue weighted by Crippen LogP contribution is -2.50. The highest BCUT2D eigenvalue weighted by Crippen LogP contribution is 2.32. The number of carbonyl (C=O) groups is 1. The van der Waals surface area contributed by atoms with E-state index in [-0.39, 0.29) is 19.0 Å². The van der Waals surface area contributed by atoms with Crippen molar-refractivity contribution in [3.8, 4) is 9.88 Å². The SMILES string of the molecule is Cc1ccc(S(=O)(=O)N2CCN(C(=O)c3sc(-c4cccs4)nc3C)CC2)cc1. The highest BCUT2D eigenvalue weighted by molar-refractivity contribution is 7.89. The van der Waals surface area contributed by atoms with Crippen LogP contribution in [0, 0.1) is 13.8 Å². The first-order valence-electron chi connectivity index (χ1n) is 9.23. The maximum absolute atomic E-state index is 13.0. The number of thiazole rings is 1. The molecule has 2 aromatic heterocycles. The predicted octanol–water partition coefficient (Wildman–Crippen LogP) is 3.64. The Morgan fingerprint density at radius 3 is 2.34 bits per heavy atom. The van der Waals surface area contributed by atoms with Crippen LogP contribution in [-0.4, -0.2) is 54.7 Å². The summed E-state index contributed by atoms with van der Waals surface area (Å²) in [5.74, 6) is -0.0739. The number of hydrogen-bond donors (Lipinski definition) is 0. The summed E-state index contributed by atoms with van der Waals surface area (Å²) >= 11 is 3.00. The fraction of sp³-hybridized carbons (Fsp3) is 0.300. The summed E-state index contributed by atoms with van der Waals surface area (Å²) in [5.41, 5.74) is 1.74. The van der Waals surface area contributed by atoms with Crippen LogP contribution in [0.5, 0.6) is 0 Å². The highest BCUT2D eigenvalue weighted by atomic mass is 32.2. The first kappa shape index (κ1) is 20.2. The lowest BCUT2D eigenvalue weighted by atomic mass is 10.2. The third-order valence-electron chi connectivity index (χ3n) is 4.91. The lowest BCUT2D eigenvalue weighted by molar-refractivity contribution is 0.0702. The molecule has 6 nitrogen and oxygen atoms in total. The molecule has 1 aliphatic rings. The molecule has 0 unspecified atom stereocenters. The number of rotatable bonds is 4. The molecule has 3 aromatic rings. The topological polar surface area (TPSA) is 70.6 Å². The number of aryl methyl sites for hydroxylation is 2. The average Bonchev–Trinajstić information content (AvgIpc) is 3.37. The van der Waals surface area contributed by atoms with Crippen molar-refractivity contribution in [2.24, 2.45) is 0 Å². The number of sulfonamides is 1. The van der Waals surface area contributed by atoms with Gasteiger partial charge < -0.3 is 4.90 Å². The molecule has 1 aromatic carbocycles. The van der Waals surface area contributed by atoms with Gasteiger partial charge in [-0.05, 0) is 37.4 Å². The van der Waals surface area contributed by atoms with Gasteiger partial charge in [-0.2, -0.15) is 4.31 Å². The van der Waals surface area contributed by atoms with E-state index in [1.165, 1.54) is 15.6 Å². The third kappa shape index (κ3) is 4.00. The van der Waals surface area contributed by atoms with Crippen molar-refractivity contribution in [2.45, 2.75) is 18.7 Å². The summed E-state index contributed by atoms with van der Waals surface area (Å²) < 4.78 is 27.2. The maximum Gasteiger partial charge on any atom is 0.265 e. The van der Waals surface area contributed by atoms with E-state index in [2.05, 4.69) is 4.98 Å². The minimum atomic E-state index is -3.54. The normalized spacial score (nSPS) is 15.6. The third-order valence-corrected chi connectivity index (χ3v) is 9.00. The maximum atomic E-state index is 13.0. The Balaban J connectivity index is 1.46. The van der Waals surface area contributed by atoms with Crippen LogP contribution in [0.4, 0.5) is 0 Å². The summed E-state index contributed by atoms with van der Waals surface area (Å²) in [6, 6.07) is 10.8. The standard InChI is InChI=1S/C20H21N3O3S3/c1-14-5-7-16(8-6-14)29(25,26)23-11-9-22(10-12-23)20(24)18-15(2)21-19(28-18)17-4-3-13-27-17/h3-8,13H,9-12H2,1-2H3. The molecule has 4 rings (SSSR count). The van der Waals surface area contributed by atoms with Crippen LogP contribution in [-0.2, 0) is 10.0 Å². The summed E-state index contributed by atoms with van der Waals surface area (Å²) in [5, 5.41) is 2.84. The van der Waals surface area contributed by atoms with Gasteiger partial charge in [-0.1, -0.05) is 23.8 Å². The lowest BCUT2D eigenvalue weighted by Gasteiger charge is -2.33. The summed E-state index contributed by atoms with van der Waals surface area (Å²) in [6.07, 6.45) is 0. The first-order chi connectivity index (χ1) is 13.9. The number of carbonyl (C=O) groups excluding carboxylic acids is 1. The zero-order valence-corrected chi connectivity index (χ0v) is 18.6. The van der Waals surface area contributed by atoms with E-state index in [1.807, 2.05) is 31.4 Å². The van der Waals surface area contributed by atoms with Gasteiger partial charge >= 0.3 is 0 Å². The van der Waals surface area contributed by atoms with Gasteiger partial charge in [0.25, 0.3) is 5.91 Å². The fourth-order valence-electron chi connectivity index (χ4n) is 3.23. The van der Waals surface area contributed by atoms with Gasteiger partial charge in [-0.15, -0.1) is 22.7 Å². The number of aromatic nitrogens is 1. The molecule has 1 saturated heterocycles. The predicted molar refractivity (Wildman–Crippen MR) is 116 cm³/mol. The molecule has 29 heavy (non-hydrogen) atoms. The smallest absolute Gasteiger partial charge is 0.265 e. The van der Waals surface area contributed by atoms with Crippen molar-refractivity contribution in [1.29, 1.82) is 0 Å². The van der Waals surface area contributed by atoms with E-state index in [4.69, 9.17) is 0 Å². The average molecular weight is 448 g/mol. The van der Waals surface area contributed by atoms with E-state index in [0.29, 0.717) is 22.9 Å². The van der Waals surface area contributed by atoms with Crippen molar-refractivity contribution >= 4 is 38.6 Å². The number of amides is 1. The molecule has 1 aliphatic heterocycles. The van der Waals surface area contributed by atoms with Crippen molar-refractivity contribution in [2.75, 3.05) is 26.2 Å². The fourth-order valence-corrected chi connectivity index (χ4v) is 6.49. The number of benzene rings is 1. The molecule has 0 saturated carbocycles. The van der Waals surface area contributed by atoms with Gasteiger partial charge in [0, 0.05) is 26.2 Å². The Kier molecular flexibility index (Phi) is 5.56. The molecule has 0 bridgehead atoms. The Morgan fingerprint density at radius 2 is 1.72 bits per heavy atom. The van der Waals surface area contributed by atoms with Crippen LogP contribution in [0.15, 0.2) is 46.7 Å². The Hall–Kier alpha value is -2.07. The van der Waals surface area contributed by atoms with E-state index in [9.17, 15) is 13.2 Å². The number of piperazine rings is 1. The molecule has 9 heteroatoms. The van der Waals surface area contributed by atoms with Crippen LogP contribution >= 0.6 is 22.7 Å². The Morgan fingerprint density at radius 1 is 1.03 bits per heavy atom. The van der Waals surface area contributed by atoms with Gasteiger partial charge in [0.2, 0.25) is 10.0 Å². The second-order valence-corrected chi connectivity index (χ2v) is 10.8. The molecular weight excluding hydrogens is 426 g/mol. The minimum Gasteiger partial charge on any atom is -0.335 e. The number of hydrogen-bond acceptors (Lipinski definition) is 6. The molecule has 152 valence electrons. The molecule has 1 fully saturated rings. The Bertz CT molecular complexity index is 1110. The minimum absolute atomic E-state index is 0.0739. The van der Waals surface area contributed by atoms with Crippen molar-refractivity contribution in [3.63, 3.8) is 0 Å². The number of nitrogens with zero attached hydrogens (tertiary/aromatic N) is 3. The van der Waals surface area contributed by atoms with Crippen LogP contribution in [0.2, 0.25) is 0 Å². The van der Waals surface area contributed by atoms with E-state index < -0.39 is 10.0 Å². The summed E-state index contributed by atoms with van der Waals surface area (Å²) in [4.78, 5) is 21.2. The highest BCUT2D eigenvalue weighted by Gasteiger charge is 2.31. The largest absolute Gasteiger partial charge is 0.335 e. The van der Waals surface area contributed by atoms with Crippen LogP contribution < -0.4 is 0 Å². The van der Waals surface area contributed by atoms with Gasteiger partial charge in [0.1, 0.15) is 9.88 Å². The summed E-state index contributed by atoms with van der Waals surface area (Å²) in [7, 11) is -3.54. The molecular formula is C20H21N3O3S3. The zero-order valence-electron chi connectivity index (χ0n) is 16.2. The quantitative estimate of drug-likeness (QED) is 0.612. The van der Waals surface area contributed by atoms with Gasteiger partial charge in [-0.25, -0.2) is 13.4 Å². The van der Waals surface area contributed by atoms with Crippen molar-refractivity contribution < 1.29 is 13.2 Å². The molecule has 0 N–H and O–H groups in total. The Labute approximate surface area is 178 Å². The first-order valence-corrected chi connectivity index (χ1v) is 12.4. The van der Waals surface area contributed by atoms with Crippen molar-refractivity contribution in [3.05, 3.63) is 57.9 Å². The van der Waals surface area contributed by atoms with E-state index in [0.717, 1.165) is 21.1 Å². The molecule has 0 radical (unpaired) electrons. The molecule has 0 spiro atoms. The van der Waals surface area contributed by atoms with E-state index in [1.54, 1.807) is 40.5 Å². The van der Waals surface area contributed by atoms with Crippen LogP contribution in [0.25, 0.3) is 9.88 Å². The second-order valence-electron chi connectivity index (χ2n) is 6.92.